The predicted molar refractivity (Wildman–Crippen MR) is 79.4 cm³/mol. The van der Waals surface area contributed by atoms with E-state index in [0.29, 0.717) is 17.7 Å². The maximum atomic E-state index is 12.5. The van der Waals surface area contributed by atoms with Gasteiger partial charge in [-0.2, -0.15) is 0 Å². The van der Waals surface area contributed by atoms with Crippen molar-refractivity contribution in [2.75, 3.05) is 13.7 Å². The molecule has 0 saturated heterocycles. The van der Waals surface area contributed by atoms with Crippen LogP contribution in [0, 0.1) is 11.8 Å². The molecular weight excluding hydrogens is 266 g/mol. The Bertz CT molecular complexity index is 695. The predicted octanol–water partition coefficient (Wildman–Crippen LogP) is 1.04. The zero-order valence-electron chi connectivity index (χ0n) is 12.1. The average molecular weight is 283 g/mol. The molecule has 0 fully saturated rings. The number of aliphatic hydroxyl groups is 1. The van der Waals surface area contributed by atoms with Crippen LogP contribution in [-0.4, -0.2) is 39.1 Å². The van der Waals surface area contributed by atoms with Crippen molar-refractivity contribution in [1.82, 2.24) is 14.5 Å². The first kappa shape index (κ1) is 14.8. The Morgan fingerprint density at radius 1 is 1.43 bits per heavy atom. The summed E-state index contributed by atoms with van der Waals surface area (Å²) in [6.45, 7) is 0.190. The topological polar surface area (TPSA) is 58.4 Å². The molecule has 5 nitrogen and oxygen atoms in total. The van der Waals surface area contributed by atoms with Gasteiger partial charge in [-0.15, -0.1) is 0 Å². The van der Waals surface area contributed by atoms with Crippen LogP contribution >= 0.6 is 0 Å². The zero-order chi connectivity index (χ0) is 15.2. The second-order valence-corrected chi connectivity index (χ2v) is 4.62. The quantitative estimate of drug-likeness (QED) is 0.856. The molecule has 5 heteroatoms. The molecule has 0 radical (unpaired) electrons. The van der Waals surface area contributed by atoms with Gasteiger partial charge in [0.15, 0.2) is 0 Å². The fourth-order valence-electron chi connectivity index (χ4n) is 1.95. The lowest BCUT2D eigenvalue weighted by Gasteiger charge is -2.17. The summed E-state index contributed by atoms with van der Waals surface area (Å²) in [7, 11) is 3.62. The van der Waals surface area contributed by atoms with Crippen LogP contribution in [0.25, 0.3) is 0 Å². The molecule has 2 aromatic rings. The van der Waals surface area contributed by atoms with Crippen LogP contribution in [0.2, 0.25) is 0 Å². The molecule has 0 unspecified atom stereocenters. The number of hydrogen-bond donors (Lipinski definition) is 1. The minimum absolute atomic E-state index is 0.124. The third-order valence-corrected chi connectivity index (χ3v) is 3.11. The largest absolute Gasteiger partial charge is 0.384 e. The van der Waals surface area contributed by atoms with Crippen molar-refractivity contribution in [3.8, 4) is 11.8 Å². The van der Waals surface area contributed by atoms with Crippen molar-refractivity contribution in [3.05, 3.63) is 53.6 Å². The first-order chi connectivity index (χ1) is 10.1. The maximum absolute atomic E-state index is 12.5. The summed E-state index contributed by atoms with van der Waals surface area (Å²) in [4.78, 5) is 18.3. The SMILES string of the molecule is CN(Cc1nccn1C)C(=O)c1ccccc1C#CCO. The Morgan fingerprint density at radius 2 is 2.19 bits per heavy atom. The van der Waals surface area contributed by atoms with Crippen molar-refractivity contribution >= 4 is 5.91 Å². The first-order valence-corrected chi connectivity index (χ1v) is 6.54. The summed E-state index contributed by atoms with van der Waals surface area (Å²) in [5, 5.41) is 8.79. The Morgan fingerprint density at radius 3 is 2.86 bits per heavy atom. The number of imidazole rings is 1. The molecule has 1 heterocycles. The van der Waals surface area contributed by atoms with Gasteiger partial charge in [0.1, 0.15) is 12.4 Å². The molecule has 1 aromatic carbocycles. The van der Waals surface area contributed by atoms with Crippen LogP contribution in [0.4, 0.5) is 0 Å². The maximum Gasteiger partial charge on any atom is 0.255 e. The van der Waals surface area contributed by atoms with E-state index in [1.54, 1.807) is 36.3 Å². The van der Waals surface area contributed by atoms with E-state index in [4.69, 9.17) is 5.11 Å². The second kappa shape index (κ2) is 6.73. The molecule has 1 aromatic heterocycles. The van der Waals surface area contributed by atoms with Gasteiger partial charge < -0.3 is 14.6 Å². The Hall–Kier alpha value is -2.58. The van der Waals surface area contributed by atoms with Crippen LogP contribution in [-0.2, 0) is 13.6 Å². The van der Waals surface area contributed by atoms with Gasteiger partial charge in [-0.25, -0.2) is 4.98 Å². The van der Waals surface area contributed by atoms with Gasteiger partial charge in [0.2, 0.25) is 0 Å². The Kier molecular flexibility index (Phi) is 4.75. The lowest BCUT2D eigenvalue weighted by atomic mass is 10.1. The van der Waals surface area contributed by atoms with E-state index in [0.717, 1.165) is 5.82 Å². The highest BCUT2D eigenvalue weighted by Gasteiger charge is 2.16. The molecule has 0 aliphatic heterocycles. The van der Waals surface area contributed by atoms with Crippen LogP contribution in [0.1, 0.15) is 21.7 Å². The van der Waals surface area contributed by atoms with E-state index in [2.05, 4.69) is 16.8 Å². The molecule has 0 atom stereocenters. The van der Waals surface area contributed by atoms with Crippen LogP contribution in [0.15, 0.2) is 36.7 Å². The third kappa shape index (κ3) is 3.50. The summed E-state index contributed by atoms with van der Waals surface area (Å²) < 4.78 is 1.88. The summed E-state index contributed by atoms with van der Waals surface area (Å²) >= 11 is 0. The number of aromatic nitrogens is 2. The Balaban J connectivity index is 2.21. The van der Waals surface area contributed by atoms with E-state index < -0.39 is 0 Å². The molecule has 0 saturated carbocycles. The molecule has 0 aliphatic rings. The summed E-state index contributed by atoms with van der Waals surface area (Å²) in [5.74, 6) is 6.06. The molecule has 2 rings (SSSR count). The lowest BCUT2D eigenvalue weighted by Crippen LogP contribution is -2.28. The molecule has 108 valence electrons. The van der Waals surface area contributed by atoms with E-state index in [-0.39, 0.29) is 12.5 Å². The lowest BCUT2D eigenvalue weighted by molar-refractivity contribution is 0.0780. The number of hydrogen-bond acceptors (Lipinski definition) is 3. The van der Waals surface area contributed by atoms with Gasteiger partial charge in [0.25, 0.3) is 5.91 Å². The number of carbonyl (C=O) groups excluding carboxylic acids is 1. The number of benzene rings is 1. The van der Waals surface area contributed by atoms with E-state index >= 15 is 0 Å². The first-order valence-electron chi connectivity index (χ1n) is 6.54. The highest BCUT2D eigenvalue weighted by Crippen LogP contribution is 2.11. The minimum Gasteiger partial charge on any atom is -0.384 e. The molecular formula is C16H17N3O2. The number of carbonyl (C=O) groups is 1. The van der Waals surface area contributed by atoms with Crippen molar-refractivity contribution in [2.24, 2.45) is 7.05 Å². The highest BCUT2D eigenvalue weighted by molar-refractivity contribution is 5.96. The van der Waals surface area contributed by atoms with Crippen molar-refractivity contribution in [1.29, 1.82) is 0 Å². The number of amides is 1. The molecule has 21 heavy (non-hydrogen) atoms. The number of aryl methyl sites for hydroxylation is 1. The fraction of sp³-hybridized carbons (Fsp3) is 0.250. The smallest absolute Gasteiger partial charge is 0.255 e. The minimum atomic E-state index is -0.231. The monoisotopic (exact) mass is 283 g/mol. The summed E-state index contributed by atoms with van der Waals surface area (Å²) in [6.07, 6.45) is 3.54. The average Bonchev–Trinajstić information content (AvgIpc) is 2.90. The fourth-order valence-corrected chi connectivity index (χ4v) is 1.95. The third-order valence-electron chi connectivity index (χ3n) is 3.11. The molecule has 1 N–H and O–H groups in total. The van der Waals surface area contributed by atoms with E-state index in [1.807, 2.05) is 23.9 Å². The number of aliphatic hydroxyl groups excluding tert-OH is 1. The van der Waals surface area contributed by atoms with Crippen LogP contribution < -0.4 is 0 Å². The Labute approximate surface area is 123 Å². The van der Waals surface area contributed by atoms with Crippen molar-refractivity contribution < 1.29 is 9.90 Å². The normalized spacial score (nSPS) is 9.86. The van der Waals surface area contributed by atoms with E-state index in [9.17, 15) is 4.79 Å². The van der Waals surface area contributed by atoms with Gasteiger partial charge >= 0.3 is 0 Å². The highest BCUT2D eigenvalue weighted by atomic mass is 16.2. The summed E-state index contributed by atoms with van der Waals surface area (Å²) in [6, 6.07) is 7.12. The number of rotatable bonds is 3. The van der Waals surface area contributed by atoms with Crippen LogP contribution in [0.5, 0.6) is 0 Å². The van der Waals surface area contributed by atoms with Gasteiger partial charge in [-0.05, 0) is 12.1 Å². The van der Waals surface area contributed by atoms with Crippen LogP contribution in [0.3, 0.4) is 0 Å². The van der Waals surface area contributed by atoms with Crippen molar-refractivity contribution in [3.63, 3.8) is 0 Å². The molecule has 0 bridgehead atoms. The van der Waals surface area contributed by atoms with E-state index in [1.165, 1.54) is 0 Å². The van der Waals surface area contributed by atoms with Crippen molar-refractivity contribution in [2.45, 2.75) is 6.54 Å². The summed E-state index contributed by atoms with van der Waals surface area (Å²) in [5.41, 5.74) is 1.14. The van der Waals surface area contributed by atoms with Gasteiger partial charge in [-0.1, -0.05) is 24.0 Å². The number of nitrogens with zero attached hydrogens (tertiary/aromatic N) is 3. The molecule has 0 spiro atoms. The standard InChI is InChI=1S/C16H17N3O2/c1-18-10-9-17-15(18)12-19(2)16(21)14-8-4-3-6-13(14)7-5-11-20/h3-4,6,8-10,20H,11-12H2,1-2H3. The second-order valence-electron chi connectivity index (χ2n) is 4.62. The molecule has 1 amide bonds. The van der Waals surface area contributed by atoms with Gasteiger partial charge in [-0.3, -0.25) is 4.79 Å². The van der Waals surface area contributed by atoms with Gasteiger partial charge in [0, 0.05) is 32.1 Å². The molecule has 0 aliphatic carbocycles. The zero-order valence-corrected chi connectivity index (χ0v) is 12.1. The van der Waals surface area contributed by atoms with Gasteiger partial charge in [0.05, 0.1) is 12.1 Å².